The van der Waals surface area contributed by atoms with E-state index in [-0.39, 0.29) is 17.1 Å². The molecule has 0 heterocycles. The zero-order valence-corrected chi connectivity index (χ0v) is 9.91. The minimum Gasteiger partial charge on any atom is -0.353 e. The lowest BCUT2D eigenvalue weighted by atomic mass is 9.83. The smallest absolute Gasteiger partial charge is 0.275 e. The van der Waals surface area contributed by atoms with Crippen molar-refractivity contribution in [3.8, 4) is 0 Å². The molecular formula is C9H16B2N2OS. The summed E-state index contributed by atoms with van der Waals surface area (Å²) < 4.78 is 0. The highest BCUT2D eigenvalue weighted by atomic mass is 32.1. The molecule has 80 valence electrons. The van der Waals surface area contributed by atoms with Gasteiger partial charge >= 0.3 is 0 Å². The maximum absolute atomic E-state index is 10.7. The van der Waals surface area contributed by atoms with Crippen LogP contribution >= 0.6 is 12.6 Å². The highest BCUT2D eigenvalue weighted by Crippen LogP contribution is 2.25. The van der Waals surface area contributed by atoms with Crippen LogP contribution in [0.25, 0.3) is 0 Å². The second kappa shape index (κ2) is 5.85. The van der Waals surface area contributed by atoms with E-state index in [1.807, 2.05) is 11.7 Å². The molecule has 0 spiro atoms. The average Bonchev–Trinajstić information content (AvgIpc) is 2.95. The lowest BCUT2D eigenvalue weighted by molar-refractivity contribution is 0.256. The van der Waals surface area contributed by atoms with Crippen molar-refractivity contribution in [3.05, 3.63) is 0 Å². The lowest BCUT2D eigenvalue weighted by Gasteiger charge is -2.24. The van der Waals surface area contributed by atoms with Crippen molar-refractivity contribution >= 4 is 33.7 Å². The Labute approximate surface area is 99.6 Å². The normalized spacial score (nSPS) is 19.9. The summed E-state index contributed by atoms with van der Waals surface area (Å²) in [5, 5.41) is 2.17. The number of thiol groups is 1. The molecule has 1 saturated carbocycles. The summed E-state index contributed by atoms with van der Waals surface area (Å²) >= 11 is 3.62. The number of hydrogen-bond donors (Lipinski definition) is 2. The van der Waals surface area contributed by atoms with E-state index in [1.54, 1.807) is 0 Å². The Morgan fingerprint density at radius 3 is 2.73 bits per heavy atom. The molecule has 0 saturated heterocycles. The summed E-state index contributed by atoms with van der Waals surface area (Å²) in [6, 6.07) is 0.563. The Hall–Kier alpha value is -0.0901. The van der Waals surface area contributed by atoms with Crippen molar-refractivity contribution < 1.29 is 4.79 Å². The minimum absolute atomic E-state index is 0.200. The van der Waals surface area contributed by atoms with E-state index in [4.69, 9.17) is 15.8 Å². The summed E-state index contributed by atoms with van der Waals surface area (Å²) in [6.07, 6.45) is 3.27. The van der Waals surface area contributed by atoms with Crippen molar-refractivity contribution in [3.63, 3.8) is 0 Å². The summed E-state index contributed by atoms with van der Waals surface area (Å²) in [7, 11) is 11.6. The first-order valence-corrected chi connectivity index (χ1v) is 5.72. The maximum atomic E-state index is 10.7. The van der Waals surface area contributed by atoms with Gasteiger partial charge in [-0.25, -0.2) is 0 Å². The van der Waals surface area contributed by atoms with Crippen molar-refractivity contribution in [2.75, 3.05) is 6.54 Å². The zero-order chi connectivity index (χ0) is 11.4. The van der Waals surface area contributed by atoms with E-state index in [1.165, 1.54) is 12.8 Å². The van der Waals surface area contributed by atoms with Gasteiger partial charge in [-0.2, -0.15) is 0 Å². The van der Waals surface area contributed by atoms with E-state index in [0.717, 1.165) is 13.0 Å². The molecule has 0 aromatic heterocycles. The summed E-state index contributed by atoms with van der Waals surface area (Å²) in [6.45, 7) is 2.82. The van der Waals surface area contributed by atoms with Crippen LogP contribution in [0, 0.1) is 5.92 Å². The van der Waals surface area contributed by atoms with Crippen LogP contribution in [0.3, 0.4) is 0 Å². The van der Waals surface area contributed by atoms with Gasteiger partial charge in [0, 0.05) is 0 Å². The third-order valence-electron chi connectivity index (χ3n) is 2.76. The molecule has 6 heteroatoms. The molecule has 3 nitrogen and oxygen atoms in total. The van der Waals surface area contributed by atoms with Crippen LogP contribution in [-0.4, -0.2) is 44.4 Å². The predicted octanol–water partition coefficient (Wildman–Crippen LogP) is 0.694. The molecule has 0 aromatic carbocycles. The molecule has 0 bridgehead atoms. The highest BCUT2D eigenvalue weighted by Gasteiger charge is 2.25. The number of hydrogen-bond acceptors (Lipinski definition) is 2. The van der Waals surface area contributed by atoms with Crippen LogP contribution in [0.4, 0.5) is 4.79 Å². The predicted molar refractivity (Wildman–Crippen MR) is 66.3 cm³/mol. The second-order valence-corrected chi connectivity index (χ2v) is 4.62. The van der Waals surface area contributed by atoms with Crippen molar-refractivity contribution in [2.45, 2.75) is 38.2 Å². The van der Waals surface area contributed by atoms with Gasteiger partial charge in [0.2, 0.25) is 0 Å². The van der Waals surface area contributed by atoms with Crippen molar-refractivity contribution in [1.82, 2.24) is 10.1 Å². The SMILES string of the molecule is [B]C(NC(=O)S)C(C)CCN([B])C1CC1. The number of carbonyl (C=O) groups is 1. The molecular weight excluding hydrogens is 206 g/mol. The average molecular weight is 222 g/mol. The summed E-state index contributed by atoms with van der Waals surface area (Å²) in [4.78, 5) is 12.5. The molecule has 2 atom stereocenters. The molecule has 15 heavy (non-hydrogen) atoms. The largest absolute Gasteiger partial charge is 0.353 e. The van der Waals surface area contributed by atoms with Gasteiger partial charge in [-0.05, 0) is 43.7 Å². The Kier molecular flexibility index (Phi) is 5.06. The summed E-state index contributed by atoms with van der Waals surface area (Å²) in [5.74, 6) is -0.145. The van der Waals surface area contributed by atoms with E-state index in [9.17, 15) is 4.79 Å². The van der Waals surface area contributed by atoms with Crippen LogP contribution in [0.1, 0.15) is 26.2 Å². The zero-order valence-electron chi connectivity index (χ0n) is 9.02. The van der Waals surface area contributed by atoms with Gasteiger partial charge in [-0.15, -0.1) is 0 Å². The van der Waals surface area contributed by atoms with Gasteiger partial charge in [0.05, 0.1) is 7.85 Å². The first-order valence-electron chi connectivity index (χ1n) is 5.27. The standard InChI is InChI=1S/C9H16B2N2OS/c1-6(8(10)12-9(14)15)4-5-13(11)7-2-3-7/h6-8H,2-5H2,1H3,(H2,12,14,15). The third-order valence-corrected chi connectivity index (χ3v) is 2.89. The van der Waals surface area contributed by atoms with Crippen LogP contribution in [0.5, 0.6) is 0 Å². The molecule has 2 unspecified atom stereocenters. The van der Waals surface area contributed by atoms with Crippen LogP contribution in [0.15, 0.2) is 0 Å². The van der Waals surface area contributed by atoms with E-state index < -0.39 is 0 Å². The van der Waals surface area contributed by atoms with Gasteiger partial charge in [-0.1, -0.05) is 19.6 Å². The van der Waals surface area contributed by atoms with Crippen molar-refractivity contribution in [2.24, 2.45) is 5.92 Å². The number of rotatable bonds is 6. The Balaban J connectivity index is 2.15. The van der Waals surface area contributed by atoms with E-state index in [0.29, 0.717) is 6.04 Å². The van der Waals surface area contributed by atoms with Crippen LogP contribution in [-0.2, 0) is 0 Å². The monoisotopic (exact) mass is 222 g/mol. The molecule has 4 radical (unpaired) electrons. The Bertz CT molecular complexity index is 226. The quantitative estimate of drug-likeness (QED) is 0.512. The number of nitrogens with one attached hydrogen (secondary N) is 1. The summed E-state index contributed by atoms with van der Waals surface area (Å²) in [5.41, 5.74) is 0. The van der Waals surface area contributed by atoms with Crippen molar-refractivity contribution in [1.29, 1.82) is 0 Å². The van der Waals surface area contributed by atoms with Crippen LogP contribution < -0.4 is 5.32 Å². The molecule has 1 aliphatic carbocycles. The van der Waals surface area contributed by atoms with Gasteiger partial charge in [0.15, 0.2) is 7.98 Å². The maximum Gasteiger partial charge on any atom is 0.275 e. The molecule has 0 aromatic rings. The molecule has 1 aliphatic rings. The molecule has 1 amide bonds. The Morgan fingerprint density at radius 2 is 2.27 bits per heavy atom. The topological polar surface area (TPSA) is 32.3 Å². The third kappa shape index (κ3) is 4.98. The fraction of sp³-hybridized carbons (Fsp3) is 0.889. The molecule has 1 rings (SSSR count). The fourth-order valence-electron chi connectivity index (χ4n) is 1.41. The minimum atomic E-state index is -0.388. The van der Waals surface area contributed by atoms with Crippen LogP contribution in [0.2, 0.25) is 0 Å². The van der Waals surface area contributed by atoms with Gasteiger partial charge in [-0.3, -0.25) is 4.79 Å². The van der Waals surface area contributed by atoms with Gasteiger partial charge in [0.25, 0.3) is 5.24 Å². The van der Waals surface area contributed by atoms with E-state index >= 15 is 0 Å². The fourth-order valence-corrected chi connectivity index (χ4v) is 1.55. The Morgan fingerprint density at radius 1 is 1.67 bits per heavy atom. The number of amides is 1. The molecule has 1 N–H and O–H groups in total. The first kappa shape index (κ1) is 13.0. The van der Waals surface area contributed by atoms with E-state index in [2.05, 4.69) is 17.9 Å². The highest BCUT2D eigenvalue weighted by molar-refractivity contribution is 7.96. The lowest BCUT2D eigenvalue weighted by Crippen LogP contribution is -2.38. The second-order valence-electron chi connectivity index (χ2n) is 4.21. The van der Waals surface area contributed by atoms with Gasteiger partial charge in [0.1, 0.15) is 0 Å². The number of carbonyl (C=O) groups excluding carboxylic acids is 1. The number of nitrogens with zero attached hydrogens (tertiary/aromatic N) is 1. The van der Waals surface area contributed by atoms with Gasteiger partial charge < -0.3 is 10.1 Å². The molecule has 1 fully saturated rings. The first-order chi connectivity index (χ1) is 7.00. The molecule has 0 aliphatic heterocycles.